The van der Waals surface area contributed by atoms with E-state index in [-0.39, 0.29) is 6.61 Å². The van der Waals surface area contributed by atoms with Crippen LogP contribution < -0.4 is 4.74 Å². The van der Waals surface area contributed by atoms with Gasteiger partial charge in [-0.3, -0.25) is 0 Å². The van der Waals surface area contributed by atoms with Gasteiger partial charge in [0.1, 0.15) is 10.8 Å². The molecule has 3 nitrogen and oxygen atoms in total. The quantitative estimate of drug-likeness (QED) is 0.928. The Balaban J connectivity index is 2.40. The molecule has 17 heavy (non-hydrogen) atoms. The first-order valence-electron chi connectivity index (χ1n) is 5.13. The highest BCUT2D eigenvalue weighted by Gasteiger charge is 2.10. The summed E-state index contributed by atoms with van der Waals surface area (Å²) in [4.78, 5) is 4.44. The van der Waals surface area contributed by atoms with Crippen LogP contribution in [0.4, 0.5) is 0 Å². The average molecular weight is 270 g/mol. The molecule has 0 radical (unpaired) electrons. The highest BCUT2D eigenvalue weighted by Crippen LogP contribution is 2.34. The van der Waals surface area contributed by atoms with Crippen molar-refractivity contribution in [2.75, 3.05) is 13.7 Å². The Kier molecular flexibility index (Phi) is 3.99. The van der Waals surface area contributed by atoms with Crippen molar-refractivity contribution in [3.05, 3.63) is 34.3 Å². The maximum atomic E-state index is 8.86. The first-order valence-corrected chi connectivity index (χ1v) is 6.39. The van der Waals surface area contributed by atoms with Gasteiger partial charge in [-0.25, -0.2) is 4.98 Å². The molecular weight excluding hydrogens is 258 g/mol. The zero-order chi connectivity index (χ0) is 12.3. The molecule has 0 aliphatic carbocycles. The van der Waals surface area contributed by atoms with Crippen LogP contribution in [-0.4, -0.2) is 23.8 Å². The highest BCUT2D eigenvalue weighted by molar-refractivity contribution is 7.13. The summed E-state index contributed by atoms with van der Waals surface area (Å²) in [5, 5.41) is 12.3. The Hall–Kier alpha value is -1.10. The molecule has 1 aromatic carbocycles. The number of aliphatic hydroxyl groups is 1. The number of rotatable bonds is 4. The molecule has 1 aromatic heterocycles. The summed E-state index contributed by atoms with van der Waals surface area (Å²) in [5.74, 6) is 0.749. The summed E-state index contributed by atoms with van der Waals surface area (Å²) >= 11 is 7.49. The fraction of sp³-hybridized carbons (Fsp3) is 0.250. The maximum absolute atomic E-state index is 8.86. The summed E-state index contributed by atoms with van der Waals surface area (Å²) in [7, 11) is 1.62. The molecule has 5 heteroatoms. The van der Waals surface area contributed by atoms with Gasteiger partial charge in [-0.2, -0.15) is 0 Å². The minimum absolute atomic E-state index is 0.107. The van der Waals surface area contributed by atoms with Gasteiger partial charge in [-0.05, 0) is 18.2 Å². The topological polar surface area (TPSA) is 42.4 Å². The summed E-state index contributed by atoms with van der Waals surface area (Å²) in [6.45, 7) is 0.107. The van der Waals surface area contributed by atoms with Gasteiger partial charge >= 0.3 is 0 Å². The minimum atomic E-state index is 0.107. The molecule has 90 valence electrons. The van der Waals surface area contributed by atoms with Gasteiger partial charge in [-0.15, -0.1) is 11.3 Å². The SMILES string of the molecule is COc1ccc(Cl)cc1-c1nc(CCO)cs1. The van der Waals surface area contributed by atoms with Crippen LogP contribution in [0.3, 0.4) is 0 Å². The molecule has 0 aliphatic heterocycles. The lowest BCUT2D eigenvalue weighted by atomic mass is 10.2. The van der Waals surface area contributed by atoms with Crippen molar-refractivity contribution in [3.8, 4) is 16.3 Å². The van der Waals surface area contributed by atoms with Gasteiger partial charge in [0.25, 0.3) is 0 Å². The standard InChI is InChI=1S/C12H12ClNO2S/c1-16-11-3-2-8(13)6-10(11)12-14-9(4-5-15)7-17-12/h2-3,6-7,15H,4-5H2,1H3. The van der Waals surface area contributed by atoms with Crippen molar-refractivity contribution < 1.29 is 9.84 Å². The molecule has 0 aliphatic rings. The second kappa shape index (κ2) is 5.49. The van der Waals surface area contributed by atoms with Crippen LogP contribution >= 0.6 is 22.9 Å². The first-order chi connectivity index (χ1) is 8.24. The van der Waals surface area contributed by atoms with E-state index in [1.165, 1.54) is 11.3 Å². The second-order valence-corrected chi connectivity index (χ2v) is 4.76. The third-order valence-corrected chi connectivity index (χ3v) is 3.47. The molecule has 0 fully saturated rings. The lowest BCUT2D eigenvalue weighted by Gasteiger charge is -2.05. The molecule has 0 unspecified atom stereocenters. The van der Waals surface area contributed by atoms with E-state index in [4.69, 9.17) is 21.4 Å². The van der Waals surface area contributed by atoms with E-state index < -0.39 is 0 Å². The molecule has 0 saturated heterocycles. The smallest absolute Gasteiger partial charge is 0.129 e. The molecular formula is C12H12ClNO2S. The number of nitrogens with zero attached hydrogens (tertiary/aromatic N) is 1. The molecule has 0 amide bonds. The van der Waals surface area contributed by atoms with Crippen LogP contribution in [-0.2, 0) is 6.42 Å². The Bertz CT molecular complexity index is 513. The zero-order valence-electron chi connectivity index (χ0n) is 9.31. The molecule has 2 aromatic rings. The van der Waals surface area contributed by atoms with E-state index in [1.807, 2.05) is 17.5 Å². The number of hydrogen-bond donors (Lipinski definition) is 1. The third-order valence-electron chi connectivity index (χ3n) is 2.31. The number of aliphatic hydroxyl groups excluding tert-OH is 1. The van der Waals surface area contributed by atoms with E-state index in [0.717, 1.165) is 22.0 Å². The Morgan fingerprint density at radius 2 is 2.29 bits per heavy atom. The number of aromatic nitrogens is 1. The van der Waals surface area contributed by atoms with E-state index in [1.54, 1.807) is 13.2 Å². The predicted octanol–water partition coefficient (Wildman–Crippen LogP) is 3.01. The number of benzene rings is 1. The molecule has 0 saturated carbocycles. The molecule has 0 bridgehead atoms. The lowest BCUT2D eigenvalue weighted by molar-refractivity contribution is 0.298. The van der Waals surface area contributed by atoms with Gasteiger partial charge < -0.3 is 9.84 Å². The molecule has 2 rings (SSSR count). The van der Waals surface area contributed by atoms with Crippen LogP contribution in [0.15, 0.2) is 23.6 Å². The zero-order valence-corrected chi connectivity index (χ0v) is 10.9. The van der Waals surface area contributed by atoms with Gasteiger partial charge in [0.15, 0.2) is 0 Å². The van der Waals surface area contributed by atoms with E-state index in [9.17, 15) is 0 Å². The first kappa shape index (κ1) is 12.4. The molecule has 0 spiro atoms. The van der Waals surface area contributed by atoms with Crippen molar-refractivity contribution in [2.24, 2.45) is 0 Å². The van der Waals surface area contributed by atoms with E-state index in [2.05, 4.69) is 4.98 Å². The number of halogens is 1. The Labute approximate surface area is 109 Å². The highest BCUT2D eigenvalue weighted by atomic mass is 35.5. The molecule has 1 N–H and O–H groups in total. The van der Waals surface area contributed by atoms with Crippen LogP contribution in [0, 0.1) is 0 Å². The Morgan fingerprint density at radius 3 is 3.00 bits per heavy atom. The summed E-state index contributed by atoms with van der Waals surface area (Å²) in [6, 6.07) is 5.44. The van der Waals surface area contributed by atoms with Crippen LogP contribution in [0.5, 0.6) is 5.75 Å². The summed E-state index contributed by atoms with van der Waals surface area (Å²) in [6.07, 6.45) is 0.569. The fourth-order valence-corrected chi connectivity index (χ4v) is 2.55. The van der Waals surface area contributed by atoms with Crippen LogP contribution in [0.1, 0.15) is 5.69 Å². The number of ether oxygens (including phenoxy) is 1. The second-order valence-electron chi connectivity index (χ2n) is 3.46. The number of methoxy groups -OCH3 is 1. The monoisotopic (exact) mass is 269 g/mol. The normalized spacial score (nSPS) is 10.5. The van der Waals surface area contributed by atoms with Gasteiger partial charge in [0, 0.05) is 23.4 Å². The van der Waals surface area contributed by atoms with Gasteiger partial charge in [0.05, 0.1) is 18.4 Å². The van der Waals surface area contributed by atoms with E-state index >= 15 is 0 Å². The number of hydrogen-bond acceptors (Lipinski definition) is 4. The largest absolute Gasteiger partial charge is 0.496 e. The predicted molar refractivity (Wildman–Crippen MR) is 69.9 cm³/mol. The van der Waals surface area contributed by atoms with Crippen molar-refractivity contribution in [3.63, 3.8) is 0 Å². The summed E-state index contributed by atoms with van der Waals surface area (Å²) < 4.78 is 5.28. The fourth-order valence-electron chi connectivity index (χ4n) is 1.51. The van der Waals surface area contributed by atoms with Crippen molar-refractivity contribution in [2.45, 2.75) is 6.42 Å². The number of thiazole rings is 1. The van der Waals surface area contributed by atoms with Crippen molar-refractivity contribution in [1.82, 2.24) is 4.98 Å². The van der Waals surface area contributed by atoms with Crippen molar-refractivity contribution in [1.29, 1.82) is 0 Å². The minimum Gasteiger partial charge on any atom is -0.496 e. The Morgan fingerprint density at radius 1 is 1.47 bits per heavy atom. The summed E-state index contributed by atoms with van der Waals surface area (Å²) in [5.41, 5.74) is 1.77. The van der Waals surface area contributed by atoms with E-state index in [0.29, 0.717) is 11.4 Å². The van der Waals surface area contributed by atoms with Gasteiger partial charge in [-0.1, -0.05) is 11.6 Å². The van der Waals surface area contributed by atoms with Crippen LogP contribution in [0.25, 0.3) is 10.6 Å². The van der Waals surface area contributed by atoms with Crippen molar-refractivity contribution >= 4 is 22.9 Å². The van der Waals surface area contributed by atoms with Gasteiger partial charge in [0.2, 0.25) is 0 Å². The maximum Gasteiger partial charge on any atom is 0.129 e. The lowest BCUT2D eigenvalue weighted by Crippen LogP contribution is -1.91. The molecule has 0 atom stereocenters. The van der Waals surface area contributed by atoms with Crippen LogP contribution in [0.2, 0.25) is 5.02 Å². The average Bonchev–Trinajstić information content (AvgIpc) is 2.78. The molecule has 1 heterocycles. The third kappa shape index (κ3) is 2.77.